The Balaban J connectivity index is 1.56. The Kier molecular flexibility index (Phi) is 4.93. The Morgan fingerprint density at radius 1 is 1.18 bits per heavy atom. The van der Waals surface area contributed by atoms with Crippen LogP contribution in [0.4, 0.5) is 0 Å². The number of rotatable bonds is 5. The topological polar surface area (TPSA) is 72.8 Å². The molecule has 0 spiro atoms. The first kappa shape index (κ1) is 18.0. The van der Waals surface area contributed by atoms with Crippen molar-refractivity contribution < 1.29 is 14.3 Å². The van der Waals surface area contributed by atoms with Crippen LogP contribution in [0.1, 0.15) is 35.5 Å². The summed E-state index contributed by atoms with van der Waals surface area (Å²) in [5.41, 5.74) is 5.71. The summed E-state index contributed by atoms with van der Waals surface area (Å²) in [5.74, 6) is 1.57. The second kappa shape index (κ2) is 7.68. The van der Waals surface area contributed by atoms with Gasteiger partial charge < -0.3 is 9.47 Å². The number of aromatic nitrogens is 1. The van der Waals surface area contributed by atoms with Gasteiger partial charge in [0.05, 0.1) is 17.3 Å². The summed E-state index contributed by atoms with van der Waals surface area (Å²) >= 11 is 0. The van der Waals surface area contributed by atoms with Crippen LogP contribution in [0.3, 0.4) is 0 Å². The molecule has 0 aliphatic carbocycles. The molecule has 1 aliphatic rings. The molecule has 1 N–H and O–H groups in total. The van der Waals surface area contributed by atoms with E-state index < -0.39 is 0 Å². The third kappa shape index (κ3) is 3.81. The number of benzene rings is 2. The number of nitrogens with zero attached hydrogens (tertiary/aromatic N) is 2. The molecule has 142 valence electrons. The Hall–Kier alpha value is -3.41. The molecule has 1 amide bonds. The van der Waals surface area contributed by atoms with Crippen molar-refractivity contribution in [2.75, 3.05) is 6.79 Å². The van der Waals surface area contributed by atoms with Crippen LogP contribution in [-0.2, 0) is 6.42 Å². The summed E-state index contributed by atoms with van der Waals surface area (Å²) in [4.78, 5) is 17.5. The molecule has 4 rings (SSSR count). The van der Waals surface area contributed by atoms with Gasteiger partial charge in [-0.2, -0.15) is 5.10 Å². The van der Waals surface area contributed by atoms with Crippen LogP contribution in [0.15, 0.2) is 53.6 Å². The first-order valence-electron chi connectivity index (χ1n) is 9.22. The molecule has 0 saturated carbocycles. The van der Waals surface area contributed by atoms with Crippen molar-refractivity contribution in [3.05, 3.63) is 65.4 Å². The van der Waals surface area contributed by atoms with Gasteiger partial charge in [-0.05, 0) is 48.2 Å². The van der Waals surface area contributed by atoms with Gasteiger partial charge in [0.2, 0.25) is 6.79 Å². The van der Waals surface area contributed by atoms with Gasteiger partial charge in [0.25, 0.3) is 5.91 Å². The maximum Gasteiger partial charge on any atom is 0.272 e. The molecular weight excluding hydrogens is 354 g/mol. The van der Waals surface area contributed by atoms with Crippen molar-refractivity contribution in [3.63, 3.8) is 0 Å². The van der Waals surface area contributed by atoms with Gasteiger partial charge in [0.15, 0.2) is 11.5 Å². The summed E-state index contributed by atoms with van der Waals surface area (Å²) in [6.45, 7) is 4.49. The summed E-state index contributed by atoms with van der Waals surface area (Å²) in [6.07, 6.45) is 2.39. The highest BCUT2D eigenvalue weighted by molar-refractivity contribution is 6.06. The lowest BCUT2D eigenvalue weighted by Crippen LogP contribution is -2.19. The average molecular weight is 375 g/mol. The number of carbonyl (C=O) groups is 1. The van der Waals surface area contributed by atoms with E-state index >= 15 is 0 Å². The summed E-state index contributed by atoms with van der Waals surface area (Å²) in [7, 11) is 0. The molecule has 0 radical (unpaired) electrons. The first-order chi connectivity index (χ1) is 13.6. The second-order valence-electron chi connectivity index (χ2n) is 7.09. The fourth-order valence-corrected chi connectivity index (χ4v) is 3.16. The van der Waals surface area contributed by atoms with E-state index in [4.69, 9.17) is 9.47 Å². The van der Waals surface area contributed by atoms with E-state index in [1.807, 2.05) is 48.5 Å². The minimum Gasteiger partial charge on any atom is -0.454 e. The van der Waals surface area contributed by atoms with Crippen molar-refractivity contribution in [1.82, 2.24) is 10.4 Å². The normalized spacial score (nSPS) is 12.8. The van der Waals surface area contributed by atoms with Crippen molar-refractivity contribution in [2.45, 2.75) is 20.3 Å². The number of hydrazone groups is 1. The Labute approximate surface area is 163 Å². The van der Waals surface area contributed by atoms with E-state index in [2.05, 4.69) is 29.4 Å². The van der Waals surface area contributed by atoms with Crippen LogP contribution in [0.5, 0.6) is 11.5 Å². The standard InChI is InChI=1S/C22H21N3O3/c1-14(2)9-16-11-18(17-5-3-4-6-19(17)24-16)22(26)25-23-12-15-7-8-20-21(10-15)28-13-27-20/h3-8,10-12,14H,9,13H2,1-2H3,(H,25,26)/b23-12+. The summed E-state index contributed by atoms with van der Waals surface area (Å²) in [5, 5.41) is 4.91. The Bertz CT molecular complexity index is 1060. The van der Waals surface area contributed by atoms with Gasteiger partial charge in [-0.3, -0.25) is 9.78 Å². The highest BCUT2D eigenvalue weighted by Crippen LogP contribution is 2.32. The predicted octanol–water partition coefficient (Wildman–Crippen LogP) is 3.93. The van der Waals surface area contributed by atoms with Crippen LogP contribution >= 0.6 is 0 Å². The van der Waals surface area contributed by atoms with E-state index in [1.54, 1.807) is 6.21 Å². The van der Waals surface area contributed by atoms with Gasteiger partial charge in [-0.1, -0.05) is 32.0 Å². The van der Waals surface area contributed by atoms with E-state index in [1.165, 1.54) is 0 Å². The van der Waals surface area contributed by atoms with Crippen LogP contribution in [0.2, 0.25) is 0 Å². The quantitative estimate of drug-likeness (QED) is 0.542. The van der Waals surface area contributed by atoms with Crippen LogP contribution < -0.4 is 14.9 Å². The maximum absolute atomic E-state index is 12.8. The van der Waals surface area contributed by atoms with Gasteiger partial charge in [0.1, 0.15) is 0 Å². The van der Waals surface area contributed by atoms with Crippen molar-refractivity contribution in [2.24, 2.45) is 11.0 Å². The third-order valence-corrected chi connectivity index (χ3v) is 4.41. The predicted molar refractivity (Wildman–Crippen MR) is 108 cm³/mol. The van der Waals surface area contributed by atoms with Crippen molar-refractivity contribution >= 4 is 23.0 Å². The number of hydrogen-bond acceptors (Lipinski definition) is 5. The minimum absolute atomic E-state index is 0.223. The van der Waals surface area contributed by atoms with Crippen LogP contribution in [-0.4, -0.2) is 23.9 Å². The molecule has 0 unspecified atom stereocenters. The third-order valence-electron chi connectivity index (χ3n) is 4.41. The molecule has 6 nitrogen and oxygen atoms in total. The van der Waals surface area contributed by atoms with E-state index in [0.717, 1.165) is 28.6 Å². The minimum atomic E-state index is -0.263. The van der Waals surface area contributed by atoms with E-state index in [9.17, 15) is 4.79 Å². The number of fused-ring (bicyclic) bond motifs is 2. The van der Waals surface area contributed by atoms with E-state index in [-0.39, 0.29) is 12.7 Å². The van der Waals surface area contributed by atoms with Gasteiger partial charge in [-0.15, -0.1) is 0 Å². The number of carbonyl (C=O) groups excluding carboxylic acids is 1. The average Bonchev–Trinajstić information content (AvgIpc) is 3.14. The molecule has 0 fully saturated rings. The highest BCUT2D eigenvalue weighted by atomic mass is 16.7. The molecule has 0 bridgehead atoms. The number of ether oxygens (including phenoxy) is 2. The van der Waals surface area contributed by atoms with Gasteiger partial charge in [0, 0.05) is 11.1 Å². The van der Waals surface area contributed by atoms with Gasteiger partial charge >= 0.3 is 0 Å². The lowest BCUT2D eigenvalue weighted by atomic mass is 10.0. The smallest absolute Gasteiger partial charge is 0.272 e. The second-order valence-corrected chi connectivity index (χ2v) is 7.09. The lowest BCUT2D eigenvalue weighted by molar-refractivity contribution is 0.0956. The SMILES string of the molecule is CC(C)Cc1cc(C(=O)N/N=C/c2ccc3c(c2)OCO3)c2ccccc2n1. The Morgan fingerprint density at radius 2 is 2.00 bits per heavy atom. The van der Waals surface area contributed by atoms with Gasteiger partial charge in [-0.25, -0.2) is 5.43 Å². The zero-order chi connectivity index (χ0) is 19.5. The zero-order valence-electron chi connectivity index (χ0n) is 15.8. The number of pyridine rings is 1. The van der Waals surface area contributed by atoms with Crippen molar-refractivity contribution in [1.29, 1.82) is 0 Å². The molecule has 0 atom stereocenters. The van der Waals surface area contributed by atoms with Crippen LogP contribution in [0.25, 0.3) is 10.9 Å². The molecule has 3 aromatic rings. The lowest BCUT2D eigenvalue weighted by Gasteiger charge is -2.10. The van der Waals surface area contributed by atoms with E-state index in [0.29, 0.717) is 23.0 Å². The maximum atomic E-state index is 12.8. The molecule has 6 heteroatoms. The Morgan fingerprint density at radius 3 is 2.86 bits per heavy atom. The fourth-order valence-electron chi connectivity index (χ4n) is 3.16. The molecule has 0 saturated heterocycles. The monoisotopic (exact) mass is 375 g/mol. The molecule has 1 aliphatic heterocycles. The molecule has 2 heterocycles. The molecular formula is C22H21N3O3. The fraction of sp³-hybridized carbons (Fsp3) is 0.227. The largest absolute Gasteiger partial charge is 0.454 e. The first-order valence-corrected chi connectivity index (χ1v) is 9.22. The highest BCUT2D eigenvalue weighted by Gasteiger charge is 2.14. The summed E-state index contributed by atoms with van der Waals surface area (Å²) in [6, 6.07) is 15.0. The number of hydrogen-bond donors (Lipinski definition) is 1. The zero-order valence-corrected chi connectivity index (χ0v) is 15.8. The number of nitrogens with one attached hydrogen (secondary N) is 1. The number of amides is 1. The van der Waals surface area contributed by atoms with Crippen LogP contribution in [0, 0.1) is 5.92 Å². The molecule has 2 aromatic carbocycles. The van der Waals surface area contributed by atoms with Crippen molar-refractivity contribution in [3.8, 4) is 11.5 Å². The molecule has 1 aromatic heterocycles. The summed E-state index contributed by atoms with van der Waals surface area (Å²) < 4.78 is 10.6. The number of para-hydroxylation sites is 1. The molecule has 28 heavy (non-hydrogen) atoms.